The minimum absolute atomic E-state index is 0.0199. The van der Waals surface area contributed by atoms with Gasteiger partial charge in [-0.1, -0.05) is 12.1 Å². The maximum absolute atomic E-state index is 12.9. The summed E-state index contributed by atoms with van der Waals surface area (Å²) in [6.45, 7) is 0.759. The molecule has 4 aromatic rings. The van der Waals surface area contributed by atoms with Crippen LogP contribution in [0.1, 0.15) is 15.9 Å². The molecule has 0 aliphatic heterocycles. The van der Waals surface area contributed by atoms with Crippen LogP contribution in [0.15, 0.2) is 59.8 Å². The number of methoxy groups -OCH3 is 2. The van der Waals surface area contributed by atoms with Crippen LogP contribution in [0.2, 0.25) is 0 Å². The molecule has 0 aliphatic carbocycles. The lowest BCUT2D eigenvalue weighted by atomic mass is 10.1. The number of benzene rings is 2. The second kappa shape index (κ2) is 10.0. The predicted octanol–water partition coefficient (Wildman–Crippen LogP) is 2.00. The standard InChI is InChI=1S/C23H22N6O6/c1-34-17-7-8-18(20(11-17)35-2)22(30)24-9-10-28-21-19(12-26-28)23(31)27(14-25-21)13-15-3-5-16(6-4-15)29(32)33/h3-8,11-12,14H,9-10,13H2,1-2H3,(H,24,30). The van der Waals surface area contributed by atoms with Crippen LogP contribution in [0, 0.1) is 10.1 Å². The molecule has 0 unspecified atom stereocenters. The number of hydrogen-bond donors (Lipinski definition) is 1. The minimum atomic E-state index is -0.478. The van der Waals surface area contributed by atoms with Crippen LogP contribution in [-0.2, 0) is 13.1 Å². The summed E-state index contributed by atoms with van der Waals surface area (Å²) in [5.41, 5.74) is 1.18. The van der Waals surface area contributed by atoms with E-state index < -0.39 is 4.92 Å². The molecule has 12 heteroatoms. The van der Waals surface area contributed by atoms with Gasteiger partial charge in [0.15, 0.2) is 5.65 Å². The van der Waals surface area contributed by atoms with Crippen molar-refractivity contribution in [2.75, 3.05) is 20.8 Å². The average Bonchev–Trinajstić information content (AvgIpc) is 3.29. The molecule has 2 heterocycles. The Morgan fingerprint density at radius 3 is 2.60 bits per heavy atom. The largest absolute Gasteiger partial charge is 0.497 e. The third-order valence-corrected chi connectivity index (χ3v) is 5.38. The van der Waals surface area contributed by atoms with Crippen molar-refractivity contribution in [3.05, 3.63) is 86.6 Å². The summed E-state index contributed by atoms with van der Waals surface area (Å²) in [6.07, 6.45) is 2.84. The van der Waals surface area contributed by atoms with E-state index in [0.717, 1.165) is 5.56 Å². The van der Waals surface area contributed by atoms with Crippen molar-refractivity contribution in [1.82, 2.24) is 24.6 Å². The lowest BCUT2D eigenvalue weighted by Gasteiger charge is -2.11. The monoisotopic (exact) mass is 478 g/mol. The quantitative estimate of drug-likeness (QED) is 0.284. The van der Waals surface area contributed by atoms with Crippen LogP contribution in [0.25, 0.3) is 11.0 Å². The van der Waals surface area contributed by atoms with Gasteiger partial charge in [-0.25, -0.2) is 9.67 Å². The first-order chi connectivity index (χ1) is 16.9. The zero-order valence-electron chi connectivity index (χ0n) is 19.0. The molecular formula is C23H22N6O6. The Labute approximate surface area is 198 Å². The molecule has 0 radical (unpaired) electrons. The Balaban J connectivity index is 1.44. The lowest BCUT2D eigenvalue weighted by Crippen LogP contribution is -2.28. The zero-order chi connectivity index (χ0) is 24.9. The summed E-state index contributed by atoms with van der Waals surface area (Å²) < 4.78 is 13.4. The molecule has 12 nitrogen and oxygen atoms in total. The molecule has 180 valence electrons. The van der Waals surface area contributed by atoms with Gasteiger partial charge in [0.25, 0.3) is 17.2 Å². The number of rotatable bonds is 9. The molecule has 0 spiro atoms. The number of nitrogens with zero attached hydrogens (tertiary/aromatic N) is 5. The summed E-state index contributed by atoms with van der Waals surface area (Å²) >= 11 is 0. The molecule has 0 saturated carbocycles. The summed E-state index contributed by atoms with van der Waals surface area (Å²) in [7, 11) is 3.00. The molecule has 1 amide bonds. The number of carbonyl (C=O) groups excluding carboxylic acids is 1. The molecule has 0 saturated heterocycles. The molecule has 0 atom stereocenters. The van der Waals surface area contributed by atoms with E-state index in [2.05, 4.69) is 15.4 Å². The minimum Gasteiger partial charge on any atom is -0.497 e. The predicted molar refractivity (Wildman–Crippen MR) is 126 cm³/mol. The zero-order valence-corrected chi connectivity index (χ0v) is 19.0. The maximum atomic E-state index is 12.9. The molecule has 0 aliphatic rings. The van der Waals surface area contributed by atoms with E-state index in [1.165, 1.54) is 43.4 Å². The van der Waals surface area contributed by atoms with Gasteiger partial charge in [0.2, 0.25) is 0 Å². The summed E-state index contributed by atoms with van der Waals surface area (Å²) in [4.78, 5) is 40.1. The second-order valence-electron chi connectivity index (χ2n) is 7.53. The van der Waals surface area contributed by atoms with Gasteiger partial charge in [0.05, 0.1) is 44.0 Å². The van der Waals surface area contributed by atoms with E-state index in [-0.39, 0.29) is 30.2 Å². The van der Waals surface area contributed by atoms with Crippen molar-refractivity contribution in [2.24, 2.45) is 0 Å². The van der Waals surface area contributed by atoms with E-state index in [1.54, 1.807) is 35.0 Å². The fourth-order valence-corrected chi connectivity index (χ4v) is 3.55. The highest BCUT2D eigenvalue weighted by Crippen LogP contribution is 2.24. The van der Waals surface area contributed by atoms with Gasteiger partial charge in [-0.15, -0.1) is 0 Å². The van der Waals surface area contributed by atoms with Crippen LogP contribution < -0.4 is 20.3 Å². The molecular weight excluding hydrogens is 456 g/mol. The number of nitro benzene ring substituents is 1. The van der Waals surface area contributed by atoms with Gasteiger partial charge >= 0.3 is 0 Å². The number of amides is 1. The number of nitrogens with one attached hydrogen (secondary N) is 1. The van der Waals surface area contributed by atoms with Crippen molar-refractivity contribution in [3.63, 3.8) is 0 Å². The molecule has 2 aromatic carbocycles. The molecule has 35 heavy (non-hydrogen) atoms. The van der Waals surface area contributed by atoms with Crippen LogP contribution in [-0.4, -0.2) is 50.9 Å². The van der Waals surface area contributed by atoms with Gasteiger partial charge in [-0.3, -0.25) is 24.3 Å². The number of hydrogen-bond acceptors (Lipinski definition) is 8. The van der Waals surface area contributed by atoms with Crippen LogP contribution in [0.3, 0.4) is 0 Å². The van der Waals surface area contributed by atoms with Crippen molar-refractivity contribution < 1.29 is 19.2 Å². The second-order valence-corrected chi connectivity index (χ2v) is 7.53. The lowest BCUT2D eigenvalue weighted by molar-refractivity contribution is -0.384. The highest BCUT2D eigenvalue weighted by atomic mass is 16.6. The maximum Gasteiger partial charge on any atom is 0.269 e. The van der Waals surface area contributed by atoms with Crippen molar-refractivity contribution >= 4 is 22.6 Å². The molecule has 0 bridgehead atoms. The topological polar surface area (TPSA) is 143 Å². The Bertz CT molecular complexity index is 1440. The number of aromatic nitrogens is 4. The van der Waals surface area contributed by atoms with Crippen molar-refractivity contribution in [1.29, 1.82) is 0 Å². The number of carbonyl (C=O) groups is 1. The van der Waals surface area contributed by atoms with Gasteiger partial charge < -0.3 is 14.8 Å². The normalized spacial score (nSPS) is 10.8. The van der Waals surface area contributed by atoms with E-state index in [9.17, 15) is 19.7 Å². The first-order valence-corrected chi connectivity index (χ1v) is 10.6. The summed E-state index contributed by atoms with van der Waals surface area (Å²) in [6, 6.07) is 10.9. The molecule has 1 N–H and O–H groups in total. The number of non-ortho nitro benzene ring substituents is 1. The summed E-state index contributed by atoms with van der Waals surface area (Å²) in [5, 5.41) is 18.2. The Kier molecular flexibility index (Phi) is 6.71. The fourth-order valence-electron chi connectivity index (χ4n) is 3.55. The first-order valence-electron chi connectivity index (χ1n) is 10.6. The molecule has 4 rings (SSSR count). The fraction of sp³-hybridized carbons (Fsp3) is 0.217. The number of nitro groups is 1. The Morgan fingerprint density at radius 2 is 1.91 bits per heavy atom. The van der Waals surface area contributed by atoms with Crippen molar-refractivity contribution in [2.45, 2.75) is 13.1 Å². The SMILES string of the molecule is COc1ccc(C(=O)NCCn2ncc3c(=O)n(Cc4ccc([N+](=O)[O-])cc4)cnc32)c(OC)c1. The Hall–Kier alpha value is -4.74. The summed E-state index contributed by atoms with van der Waals surface area (Å²) in [5.74, 6) is 0.646. The van der Waals surface area contributed by atoms with Crippen LogP contribution >= 0.6 is 0 Å². The number of fused-ring (bicyclic) bond motifs is 1. The first kappa shape index (κ1) is 23.4. The van der Waals surface area contributed by atoms with Crippen molar-refractivity contribution in [3.8, 4) is 11.5 Å². The van der Waals surface area contributed by atoms with E-state index in [0.29, 0.717) is 34.6 Å². The van der Waals surface area contributed by atoms with E-state index in [4.69, 9.17) is 9.47 Å². The third-order valence-electron chi connectivity index (χ3n) is 5.38. The molecule has 0 fully saturated rings. The van der Waals surface area contributed by atoms with Crippen LogP contribution in [0.5, 0.6) is 11.5 Å². The highest BCUT2D eigenvalue weighted by molar-refractivity contribution is 5.97. The van der Waals surface area contributed by atoms with Gasteiger partial charge in [0, 0.05) is 24.7 Å². The van der Waals surface area contributed by atoms with E-state index in [1.807, 2.05) is 0 Å². The molecule has 2 aromatic heterocycles. The average molecular weight is 478 g/mol. The number of ether oxygens (including phenoxy) is 2. The van der Waals surface area contributed by atoms with Crippen LogP contribution in [0.4, 0.5) is 5.69 Å². The van der Waals surface area contributed by atoms with Gasteiger partial charge in [-0.05, 0) is 17.7 Å². The van der Waals surface area contributed by atoms with E-state index >= 15 is 0 Å². The van der Waals surface area contributed by atoms with Gasteiger partial charge in [0.1, 0.15) is 23.2 Å². The highest BCUT2D eigenvalue weighted by Gasteiger charge is 2.14. The smallest absolute Gasteiger partial charge is 0.269 e. The third kappa shape index (κ3) is 4.95. The Morgan fingerprint density at radius 1 is 1.14 bits per heavy atom. The van der Waals surface area contributed by atoms with Gasteiger partial charge in [-0.2, -0.15) is 5.10 Å².